The van der Waals surface area contributed by atoms with Crippen LogP contribution in [-0.4, -0.2) is 86.5 Å². The maximum Gasteiger partial charge on any atom is 0.0710 e. The molecule has 0 amide bonds. The number of hydrogen-bond acceptors (Lipinski definition) is 5. The Morgan fingerprint density at radius 2 is 1.74 bits per heavy atom. The molecule has 0 radical (unpaired) electrons. The molecule has 2 heterocycles. The van der Waals surface area contributed by atoms with E-state index in [2.05, 4.69) is 20.4 Å². The Balaban J connectivity index is 1.90. The lowest BCUT2D eigenvalue weighted by Gasteiger charge is -2.41. The van der Waals surface area contributed by atoms with Gasteiger partial charge in [0, 0.05) is 31.7 Å². The van der Waals surface area contributed by atoms with Crippen molar-refractivity contribution in [3.05, 3.63) is 0 Å². The third-order valence-electron chi connectivity index (χ3n) is 5.62. The van der Waals surface area contributed by atoms with E-state index in [9.17, 15) is 5.11 Å². The zero-order valence-electron chi connectivity index (χ0n) is 15.3. The molecule has 2 fully saturated rings. The van der Waals surface area contributed by atoms with Gasteiger partial charge in [0.2, 0.25) is 0 Å². The molecule has 0 aliphatic carbocycles. The molecule has 0 saturated carbocycles. The Kier molecular flexibility index (Phi) is 8.83. The minimum atomic E-state index is -0.201. The first kappa shape index (κ1) is 19.1. The molecule has 2 rings (SSSR count). The van der Waals surface area contributed by atoms with Crippen LogP contribution in [-0.2, 0) is 0 Å². The zero-order valence-corrected chi connectivity index (χ0v) is 15.3. The molecule has 136 valence electrons. The molecule has 2 saturated heterocycles. The van der Waals surface area contributed by atoms with Crippen molar-refractivity contribution in [3.63, 3.8) is 0 Å². The zero-order chi connectivity index (χ0) is 16.5. The summed E-state index contributed by atoms with van der Waals surface area (Å²) in [6.07, 6.45) is 8.39. The van der Waals surface area contributed by atoms with Crippen molar-refractivity contribution in [1.29, 1.82) is 0 Å². The fraction of sp³-hybridized carbons (Fsp3) is 1.00. The number of nitrogens with zero attached hydrogens (tertiary/aromatic N) is 2. The number of aliphatic hydroxyl groups excluding tert-OH is 1. The van der Waals surface area contributed by atoms with Gasteiger partial charge in [0.05, 0.1) is 6.10 Å². The summed E-state index contributed by atoms with van der Waals surface area (Å²) in [7, 11) is 4.04. The SMILES string of the molecule is CNCCN1CCCCC1C(O)CC(CNC)N1CCCCC1. The van der Waals surface area contributed by atoms with Crippen molar-refractivity contribution in [2.24, 2.45) is 0 Å². The molecule has 23 heavy (non-hydrogen) atoms. The van der Waals surface area contributed by atoms with Crippen molar-refractivity contribution in [2.75, 3.05) is 53.4 Å². The summed E-state index contributed by atoms with van der Waals surface area (Å²) in [4.78, 5) is 5.11. The topological polar surface area (TPSA) is 50.8 Å². The number of nitrogens with one attached hydrogen (secondary N) is 2. The molecule has 3 unspecified atom stereocenters. The molecule has 0 aromatic rings. The highest BCUT2D eigenvalue weighted by Crippen LogP contribution is 2.24. The van der Waals surface area contributed by atoms with Gasteiger partial charge in [-0.3, -0.25) is 9.80 Å². The number of piperidine rings is 2. The fourth-order valence-corrected chi connectivity index (χ4v) is 4.30. The largest absolute Gasteiger partial charge is 0.391 e. The Morgan fingerprint density at radius 3 is 2.43 bits per heavy atom. The quantitative estimate of drug-likeness (QED) is 0.587. The predicted molar refractivity (Wildman–Crippen MR) is 96.9 cm³/mol. The second-order valence-corrected chi connectivity index (χ2v) is 7.31. The van der Waals surface area contributed by atoms with Crippen molar-refractivity contribution >= 4 is 0 Å². The maximum atomic E-state index is 11.0. The Labute approximate surface area is 142 Å². The van der Waals surface area contributed by atoms with Crippen LogP contribution in [0.25, 0.3) is 0 Å². The van der Waals surface area contributed by atoms with Gasteiger partial charge in [0.1, 0.15) is 0 Å². The van der Waals surface area contributed by atoms with Gasteiger partial charge >= 0.3 is 0 Å². The summed E-state index contributed by atoms with van der Waals surface area (Å²) in [6.45, 7) is 6.60. The lowest BCUT2D eigenvalue weighted by atomic mass is 9.92. The third-order valence-corrected chi connectivity index (χ3v) is 5.62. The highest BCUT2D eigenvalue weighted by atomic mass is 16.3. The number of hydrogen-bond donors (Lipinski definition) is 3. The van der Waals surface area contributed by atoms with Crippen molar-refractivity contribution in [1.82, 2.24) is 20.4 Å². The van der Waals surface area contributed by atoms with E-state index < -0.39 is 0 Å². The van der Waals surface area contributed by atoms with E-state index >= 15 is 0 Å². The Bertz CT molecular complexity index is 309. The standard InChI is InChI=1S/C18H38N4O/c1-19-9-13-22-12-7-4-8-17(22)18(23)14-16(15-20-2)21-10-5-3-6-11-21/h16-20,23H,3-15H2,1-2H3. The van der Waals surface area contributed by atoms with Crippen LogP contribution in [0.1, 0.15) is 44.9 Å². The maximum absolute atomic E-state index is 11.0. The van der Waals surface area contributed by atoms with Crippen LogP contribution in [0.4, 0.5) is 0 Å². The molecular weight excluding hydrogens is 288 g/mol. The minimum Gasteiger partial charge on any atom is -0.391 e. The highest BCUT2D eigenvalue weighted by Gasteiger charge is 2.31. The molecule has 2 aliphatic rings. The predicted octanol–water partition coefficient (Wildman–Crippen LogP) is 0.885. The molecule has 0 bridgehead atoms. The highest BCUT2D eigenvalue weighted by molar-refractivity contribution is 4.88. The van der Waals surface area contributed by atoms with Crippen molar-refractivity contribution in [3.8, 4) is 0 Å². The van der Waals surface area contributed by atoms with Crippen LogP contribution in [0.3, 0.4) is 0 Å². The van der Waals surface area contributed by atoms with E-state index in [1.54, 1.807) is 0 Å². The summed E-state index contributed by atoms with van der Waals surface area (Å²) in [5, 5.41) is 17.5. The summed E-state index contributed by atoms with van der Waals surface area (Å²) >= 11 is 0. The summed E-state index contributed by atoms with van der Waals surface area (Å²) in [5.41, 5.74) is 0. The normalized spacial score (nSPS) is 27.0. The molecule has 5 heteroatoms. The van der Waals surface area contributed by atoms with E-state index in [0.29, 0.717) is 12.1 Å². The number of likely N-dealkylation sites (N-methyl/N-ethyl adjacent to an activating group) is 2. The van der Waals surface area contributed by atoms with Gasteiger partial charge in [-0.2, -0.15) is 0 Å². The summed E-state index contributed by atoms with van der Waals surface area (Å²) in [6, 6.07) is 0.824. The lowest BCUT2D eigenvalue weighted by Crippen LogP contribution is -2.52. The Morgan fingerprint density at radius 1 is 1.00 bits per heavy atom. The van der Waals surface area contributed by atoms with Gasteiger partial charge < -0.3 is 15.7 Å². The van der Waals surface area contributed by atoms with Gasteiger partial charge in [-0.25, -0.2) is 0 Å². The van der Waals surface area contributed by atoms with Gasteiger partial charge in [-0.05, 0) is 65.8 Å². The van der Waals surface area contributed by atoms with Crippen molar-refractivity contribution < 1.29 is 5.11 Å². The summed E-state index contributed by atoms with van der Waals surface area (Å²) in [5.74, 6) is 0. The molecule has 0 aromatic heterocycles. The van der Waals surface area contributed by atoms with Crippen LogP contribution in [0.5, 0.6) is 0 Å². The van der Waals surface area contributed by atoms with Gasteiger partial charge in [0.15, 0.2) is 0 Å². The van der Waals surface area contributed by atoms with E-state index in [-0.39, 0.29) is 6.10 Å². The monoisotopic (exact) mass is 326 g/mol. The average molecular weight is 327 g/mol. The van der Waals surface area contributed by atoms with E-state index in [1.165, 1.54) is 45.2 Å². The molecule has 5 nitrogen and oxygen atoms in total. The minimum absolute atomic E-state index is 0.201. The second kappa shape index (κ2) is 10.6. The van der Waals surface area contributed by atoms with Crippen LogP contribution in [0.2, 0.25) is 0 Å². The van der Waals surface area contributed by atoms with Gasteiger partial charge in [-0.15, -0.1) is 0 Å². The van der Waals surface area contributed by atoms with Crippen LogP contribution in [0, 0.1) is 0 Å². The lowest BCUT2D eigenvalue weighted by molar-refractivity contribution is 0.00276. The first-order valence-corrected chi connectivity index (χ1v) is 9.71. The smallest absolute Gasteiger partial charge is 0.0710 e. The molecule has 3 atom stereocenters. The van der Waals surface area contributed by atoms with Crippen LogP contribution < -0.4 is 10.6 Å². The molecular formula is C18H38N4O. The third kappa shape index (κ3) is 5.98. The number of rotatable bonds is 9. The van der Waals surface area contributed by atoms with E-state index in [0.717, 1.165) is 39.0 Å². The summed E-state index contributed by atoms with van der Waals surface area (Å²) < 4.78 is 0. The molecule has 0 aromatic carbocycles. The molecule has 0 spiro atoms. The Hall–Kier alpha value is -0.200. The first-order valence-electron chi connectivity index (χ1n) is 9.71. The first-order chi connectivity index (χ1) is 11.3. The average Bonchev–Trinajstić information content (AvgIpc) is 2.60. The molecule has 3 N–H and O–H groups in total. The van der Waals surface area contributed by atoms with Gasteiger partial charge in [0.25, 0.3) is 0 Å². The van der Waals surface area contributed by atoms with Gasteiger partial charge in [-0.1, -0.05) is 12.8 Å². The van der Waals surface area contributed by atoms with Crippen LogP contribution >= 0.6 is 0 Å². The fourth-order valence-electron chi connectivity index (χ4n) is 4.30. The number of aliphatic hydroxyl groups is 1. The molecule has 2 aliphatic heterocycles. The van der Waals surface area contributed by atoms with Crippen molar-refractivity contribution in [2.45, 2.75) is 63.1 Å². The van der Waals surface area contributed by atoms with Crippen LogP contribution in [0.15, 0.2) is 0 Å². The van der Waals surface area contributed by atoms with E-state index in [4.69, 9.17) is 0 Å². The van der Waals surface area contributed by atoms with E-state index in [1.807, 2.05) is 14.1 Å². The number of likely N-dealkylation sites (tertiary alicyclic amines) is 2. The second-order valence-electron chi connectivity index (χ2n) is 7.31.